The van der Waals surface area contributed by atoms with Gasteiger partial charge in [-0.25, -0.2) is 8.42 Å². The van der Waals surface area contributed by atoms with Crippen molar-refractivity contribution in [2.45, 2.75) is 50.7 Å². The van der Waals surface area contributed by atoms with Crippen molar-refractivity contribution in [2.75, 3.05) is 12.9 Å². The molecule has 0 aliphatic heterocycles. The van der Waals surface area contributed by atoms with Crippen molar-refractivity contribution in [3.05, 3.63) is 0 Å². The molecule has 2 atom stereocenters. The van der Waals surface area contributed by atoms with Crippen molar-refractivity contribution < 1.29 is 44.3 Å². The average Bonchev–Trinajstić information content (AvgIpc) is 2.37. The molecule has 0 rings (SSSR count). The second-order valence-corrected chi connectivity index (χ2v) is 8.02. The van der Waals surface area contributed by atoms with E-state index in [1.165, 1.54) is 13.8 Å². The molecule has 0 heterocycles. The quantitative estimate of drug-likeness (QED) is 0.473. The normalized spacial score (nSPS) is 16.1. The lowest BCUT2D eigenvalue weighted by Crippen LogP contribution is -2.36. The number of carbonyl (C=O) groups is 1. The summed E-state index contributed by atoms with van der Waals surface area (Å²) in [6, 6.07) is 0. The Balaban J connectivity index is 5.25. The number of alkyl halides is 6. The van der Waals surface area contributed by atoms with Crippen LogP contribution >= 0.6 is 0 Å². The van der Waals surface area contributed by atoms with E-state index in [2.05, 4.69) is 4.74 Å². The molecule has 0 aliphatic carbocycles. The van der Waals surface area contributed by atoms with E-state index in [1.54, 1.807) is 0 Å². The Morgan fingerprint density at radius 1 is 1.04 bits per heavy atom. The zero-order chi connectivity index (χ0) is 19.3. The van der Waals surface area contributed by atoms with Gasteiger partial charge < -0.3 is 4.74 Å². The van der Waals surface area contributed by atoms with Crippen molar-refractivity contribution in [2.24, 2.45) is 11.8 Å². The largest absolute Gasteiger partial charge is 0.468 e. The van der Waals surface area contributed by atoms with E-state index in [0.29, 0.717) is 0 Å². The van der Waals surface area contributed by atoms with Crippen LogP contribution in [-0.4, -0.2) is 44.9 Å². The highest BCUT2D eigenvalue weighted by Crippen LogP contribution is 2.36. The molecule has 2 unspecified atom stereocenters. The molecule has 0 spiro atoms. The van der Waals surface area contributed by atoms with Crippen molar-refractivity contribution in [1.29, 1.82) is 0 Å². The van der Waals surface area contributed by atoms with Crippen LogP contribution in [0, 0.1) is 11.8 Å². The second-order valence-electron chi connectivity index (χ2n) is 5.71. The van der Waals surface area contributed by atoms with Gasteiger partial charge in [0.05, 0.1) is 25.2 Å². The van der Waals surface area contributed by atoms with Crippen LogP contribution in [0.25, 0.3) is 0 Å². The summed E-state index contributed by atoms with van der Waals surface area (Å²) in [4.78, 5) is 11.6. The maximum absolute atomic E-state index is 12.9. The molecule has 0 aromatic rings. The van der Waals surface area contributed by atoms with Crippen LogP contribution < -0.4 is 0 Å². The first-order chi connectivity index (χ1) is 10.6. The monoisotopic (exact) mass is 386 g/mol. The molecule has 4 nitrogen and oxygen atoms in total. The molecule has 0 radical (unpaired) electrons. The lowest BCUT2D eigenvalue weighted by atomic mass is 9.90. The molecule has 24 heavy (non-hydrogen) atoms. The van der Waals surface area contributed by atoms with Crippen LogP contribution in [0.5, 0.6) is 0 Å². The third kappa shape index (κ3) is 7.71. The topological polar surface area (TPSA) is 60.4 Å². The van der Waals surface area contributed by atoms with E-state index < -0.39 is 70.3 Å². The van der Waals surface area contributed by atoms with Gasteiger partial charge in [0.1, 0.15) is 0 Å². The van der Waals surface area contributed by atoms with Gasteiger partial charge in [-0.15, -0.1) is 0 Å². The van der Waals surface area contributed by atoms with Gasteiger partial charge in [-0.1, -0.05) is 13.8 Å². The summed E-state index contributed by atoms with van der Waals surface area (Å²) >= 11 is 0. The smallest absolute Gasteiger partial charge is 0.392 e. The van der Waals surface area contributed by atoms with E-state index in [9.17, 15) is 39.6 Å². The molecule has 0 amide bonds. The van der Waals surface area contributed by atoms with Crippen LogP contribution in [0.3, 0.4) is 0 Å². The minimum atomic E-state index is -4.76. The molecule has 0 N–H and O–H groups in total. The Bertz CT molecular complexity index is 510. The third-order valence-electron chi connectivity index (χ3n) is 3.53. The molecule has 0 aromatic heterocycles. The summed E-state index contributed by atoms with van der Waals surface area (Å²) in [6.45, 7) is 2.56. The summed E-state index contributed by atoms with van der Waals surface area (Å²) in [5, 5.41) is -2.05. The first-order valence-corrected chi connectivity index (χ1v) is 8.76. The van der Waals surface area contributed by atoms with Crippen LogP contribution in [0.1, 0.15) is 33.1 Å². The Labute approximate surface area is 136 Å². The van der Waals surface area contributed by atoms with Crippen molar-refractivity contribution in [3.8, 4) is 0 Å². The first-order valence-electron chi connectivity index (χ1n) is 7.04. The number of methoxy groups -OCH3 is 1. The van der Waals surface area contributed by atoms with Crippen LogP contribution in [0.15, 0.2) is 0 Å². The molecule has 0 bridgehead atoms. The number of sulfone groups is 1. The summed E-state index contributed by atoms with van der Waals surface area (Å²) in [5.74, 6) is -5.49. The molecule has 0 saturated heterocycles. The predicted octanol–water partition coefficient (Wildman–Crippen LogP) is 3.51. The zero-order valence-electron chi connectivity index (χ0n) is 13.4. The lowest BCUT2D eigenvalue weighted by molar-refractivity contribution is -0.188. The highest BCUT2D eigenvalue weighted by molar-refractivity contribution is 7.92. The number of rotatable bonds is 8. The van der Waals surface area contributed by atoms with Gasteiger partial charge in [0.15, 0.2) is 15.1 Å². The fourth-order valence-corrected chi connectivity index (χ4v) is 3.87. The number of ether oxygens (including phenoxy) is 1. The Morgan fingerprint density at radius 2 is 1.54 bits per heavy atom. The maximum Gasteiger partial charge on any atom is 0.392 e. The summed E-state index contributed by atoms with van der Waals surface area (Å²) in [7, 11) is -3.78. The summed E-state index contributed by atoms with van der Waals surface area (Å²) in [5.41, 5.74) is 0. The third-order valence-corrected chi connectivity index (χ3v) is 5.60. The molecule has 0 saturated carbocycles. The summed E-state index contributed by atoms with van der Waals surface area (Å²) < 4.78 is 103. The van der Waals surface area contributed by atoms with Gasteiger partial charge in [0.2, 0.25) is 0 Å². The van der Waals surface area contributed by atoms with E-state index >= 15 is 0 Å². The van der Waals surface area contributed by atoms with E-state index in [4.69, 9.17) is 0 Å². The number of hydrogen-bond donors (Lipinski definition) is 0. The number of carbonyl (C=O) groups excluding carboxylic acids is 1. The lowest BCUT2D eigenvalue weighted by Gasteiger charge is -2.25. The predicted molar refractivity (Wildman–Crippen MR) is 73.9 cm³/mol. The molecule has 11 heteroatoms. The Kier molecular flexibility index (Phi) is 8.04. The van der Waals surface area contributed by atoms with Gasteiger partial charge in [-0.3, -0.25) is 4.79 Å². The molecule has 144 valence electrons. The second kappa shape index (κ2) is 8.39. The number of hydrogen-bond acceptors (Lipinski definition) is 4. The van der Waals surface area contributed by atoms with E-state index in [0.717, 1.165) is 7.11 Å². The van der Waals surface area contributed by atoms with Gasteiger partial charge in [0.25, 0.3) is 0 Å². The first kappa shape index (κ1) is 23.0. The van der Waals surface area contributed by atoms with Crippen molar-refractivity contribution >= 4 is 15.8 Å². The number of halogens is 6. The van der Waals surface area contributed by atoms with Gasteiger partial charge >= 0.3 is 18.3 Å². The molecular formula is C13H20F6O4S. The minimum Gasteiger partial charge on any atom is -0.468 e. The molecule has 0 aliphatic rings. The minimum absolute atomic E-state index is 0.702. The average molecular weight is 386 g/mol. The SMILES string of the molecule is COC(=O)C(CCC(C(C)C)C(F)(F)F)S(=O)(=O)CCC(F)(F)F. The van der Waals surface area contributed by atoms with Crippen LogP contribution in [0.2, 0.25) is 0 Å². The molecule has 0 fully saturated rings. The maximum atomic E-state index is 12.9. The molecule has 0 aromatic carbocycles. The Hall–Kier alpha value is -1.00. The zero-order valence-corrected chi connectivity index (χ0v) is 14.2. The summed E-state index contributed by atoms with van der Waals surface area (Å²) in [6.07, 6.45) is -12.5. The highest BCUT2D eigenvalue weighted by atomic mass is 32.2. The van der Waals surface area contributed by atoms with Crippen molar-refractivity contribution in [3.63, 3.8) is 0 Å². The molecular weight excluding hydrogens is 366 g/mol. The number of esters is 1. The van der Waals surface area contributed by atoms with Gasteiger partial charge in [0, 0.05) is 0 Å². The van der Waals surface area contributed by atoms with Gasteiger partial charge in [-0.05, 0) is 18.8 Å². The van der Waals surface area contributed by atoms with Crippen molar-refractivity contribution in [1.82, 2.24) is 0 Å². The van der Waals surface area contributed by atoms with E-state index in [1.807, 2.05) is 0 Å². The Morgan fingerprint density at radius 3 is 1.88 bits per heavy atom. The standard InChI is InChI=1S/C13H20F6O4S/c1-8(2)9(13(17,18)19)4-5-10(11(20)23-3)24(21,22)7-6-12(14,15)16/h8-10H,4-7H2,1-3H3. The van der Waals surface area contributed by atoms with Crippen LogP contribution in [0.4, 0.5) is 26.3 Å². The fourth-order valence-electron chi connectivity index (χ4n) is 2.18. The van der Waals surface area contributed by atoms with Gasteiger partial charge in [-0.2, -0.15) is 26.3 Å². The van der Waals surface area contributed by atoms with Crippen LogP contribution in [-0.2, 0) is 19.4 Å². The van der Waals surface area contributed by atoms with E-state index in [-0.39, 0.29) is 0 Å². The highest BCUT2D eigenvalue weighted by Gasteiger charge is 2.44. The fraction of sp³-hybridized carbons (Fsp3) is 0.923.